The number of likely N-dealkylation sites (tertiary alicyclic amines) is 1. The molecule has 148 valence electrons. The Bertz CT molecular complexity index is 840. The maximum atomic E-state index is 14.4. The van der Waals surface area contributed by atoms with Crippen LogP contribution in [-0.4, -0.2) is 52.1 Å². The van der Waals surface area contributed by atoms with Crippen molar-refractivity contribution in [2.24, 2.45) is 0 Å². The minimum absolute atomic E-state index is 0.00271. The van der Waals surface area contributed by atoms with Gasteiger partial charge in [0, 0.05) is 31.2 Å². The lowest BCUT2D eigenvalue weighted by atomic mass is 9.88. The van der Waals surface area contributed by atoms with Crippen molar-refractivity contribution in [1.29, 1.82) is 0 Å². The first kappa shape index (κ1) is 18.8. The van der Waals surface area contributed by atoms with E-state index in [1.165, 1.54) is 12.1 Å². The molecule has 0 radical (unpaired) electrons. The standard InChI is InChI=1S/C19H19F3N4O2/c20-14-2-4-15(5-3-14)26-13-18(28-19(21,22)17(26)27)6-10-25(11-7-18)12-16-23-8-1-9-24-16/h1-5,8-9H,6-7,10-13H2. The van der Waals surface area contributed by atoms with Gasteiger partial charge in [-0.15, -0.1) is 0 Å². The zero-order valence-corrected chi connectivity index (χ0v) is 15.0. The lowest BCUT2D eigenvalue weighted by Crippen LogP contribution is -2.64. The third-order valence-corrected chi connectivity index (χ3v) is 5.17. The SMILES string of the molecule is O=C1N(c2ccc(F)cc2)CC2(CCN(Cc3ncccn3)CC2)OC1(F)F. The summed E-state index contributed by atoms with van der Waals surface area (Å²) >= 11 is 0. The van der Waals surface area contributed by atoms with E-state index in [4.69, 9.17) is 4.74 Å². The summed E-state index contributed by atoms with van der Waals surface area (Å²) in [5.41, 5.74) is -0.923. The van der Waals surface area contributed by atoms with E-state index < -0.39 is 23.4 Å². The Labute approximate surface area is 159 Å². The first-order valence-electron chi connectivity index (χ1n) is 9.01. The molecule has 4 rings (SSSR count). The van der Waals surface area contributed by atoms with Crippen LogP contribution in [0.15, 0.2) is 42.7 Å². The summed E-state index contributed by atoms with van der Waals surface area (Å²) in [4.78, 5) is 23.6. The van der Waals surface area contributed by atoms with Crippen LogP contribution in [0.1, 0.15) is 18.7 Å². The third-order valence-electron chi connectivity index (χ3n) is 5.17. The second-order valence-corrected chi connectivity index (χ2v) is 7.11. The summed E-state index contributed by atoms with van der Waals surface area (Å²) in [7, 11) is 0. The van der Waals surface area contributed by atoms with E-state index in [0.717, 1.165) is 17.0 Å². The van der Waals surface area contributed by atoms with Crippen molar-refractivity contribution in [3.63, 3.8) is 0 Å². The number of hydrogen-bond acceptors (Lipinski definition) is 5. The Balaban J connectivity index is 1.50. The third kappa shape index (κ3) is 3.72. The molecule has 2 aliphatic heterocycles. The number of benzene rings is 1. The number of nitrogens with zero attached hydrogens (tertiary/aromatic N) is 4. The molecular formula is C19H19F3N4O2. The molecule has 0 saturated carbocycles. The van der Waals surface area contributed by atoms with Crippen molar-refractivity contribution in [1.82, 2.24) is 14.9 Å². The number of alkyl halides is 2. The Hall–Kier alpha value is -2.52. The fourth-order valence-electron chi connectivity index (χ4n) is 3.68. The molecule has 6 nitrogen and oxygen atoms in total. The molecule has 9 heteroatoms. The highest BCUT2D eigenvalue weighted by atomic mass is 19.3. The maximum Gasteiger partial charge on any atom is 0.437 e. The molecule has 1 aromatic heterocycles. The number of rotatable bonds is 3. The molecule has 3 heterocycles. The van der Waals surface area contributed by atoms with Crippen LogP contribution in [0.5, 0.6) is 0 Å². The van der Waals surface area contributed by atoms with Crippen LogP contribution in [0.25, 0.3) is 0 Å². The number of piperidine rings is 1. The van der Waals surface area contributed by atoms with Crippen LogP contribution in [0.2, 0.25) is 0 Å². The lowest BCUT2D eigenvalue weighted by Gasteiger charge is -2.48. The Morgan fingerprint density at radius 3 is 2.36 bits per heavy atom. The van der Waals surface area contributed by atoms with E-state index in [0.29, 0.717) is 38.3 Å². The van der Waals surface area contributed by atoms with Crippen molar-refractivity contribution >= 4 is 11.6 Å². The summed E-state index contributed by atoms with van der Waals surface area (Å²) in [5.74, 6) is -1.26. The van der Waals surface area contributed by atoms with Gasteiger partial charge >= 0.3 is 12.0 Å². The molecule has 0 N–H and O–H groups in total. The first-order valence-corrected chi connectivity index (χ1v) is 9.01. The Kier molecular flexibility index (Phi) is 4.80. The van der Waals surface area contributed by atoms with Crippen LogP contribution in [0.4, 0.5) is 18.9 Å². The first-order chi connectivity index (χ1) is 13.4. The molecule has 1 spiro atoms. The maximum absolute atomic E-state index is 14.4. The van der Waals surface area contributed by atoms with E-state index in [2.05, 4.69) is 14.9 Å². The normalized spacial score (nSPS) is 21.8. The van der Waals surface area contributed by atoms with Gasteiger partial charge in [0.2, 0.25) is 0 Å². The number of morpholine rings is 1. The highest BCUT2D eigenvalue weighted by Crippen LogP contribution is 2.40. The van der Waals surface area contributed by atoms with Crippen LogP contribution in [0.3, 0.4) is 0 Å². The Morgan fingerprint density at radius 1 is 1.07 bits per heavy atom. The largest absolute Gasteiger partial charge is 0.437 e. The fraction of sp³-hybridized carbons (Fsp3) is 0.421. The van der Waals surface area contributed by atoms with E-state index >= 15 is 0 Å². The zero-order valence-electron chi connectivity index (χ0n) is 15.0. The van der Waals surface area contributed by atoms with Gasteiger partial charge in [-0.1, -0.05) is 0 Å². The monoisotopic (exact) mass is 392 g/mol. The number of halogens is 3. The molecule has 2 fully saturated rings. The second-order valence-electron chi connectivity index (χ2n) is 7.11. The van der Waals surface area contributed by atoms with Crippen molar-refractivity contribution in [2.45, 2.75) is 31.1 Å². The van der Waals surface area contributed by atoms with Gasteiger partial charge in [0.15, 0.2) is 0 Å². The van der Waals surface area contributed by atoms with E-state index in [-0.39, 0.29) is 12.2 Å². The number of carbonyl (C=O) groups excluding carboxylic acids is 1. The molecule has 0 bridgehead atoms. The second kappa shape index (κ2) is 7.14. The topological polar surface area (TPSA) is 58.6 Å². The molecular weight excluding hydrogens is 373 g/mol. The molecule has 1 aromatic carbocycles. The molecule has 0 aliphatic carbocycles. The lowest BCUT2D eigenvalue weighted by molar-refractivity contribution is -0.293. The summed E-state index contributed by atoms with van der Waals surface area (Å²) in [6.07, 6.45) is 0.0631. The number of amides is 1. The average Bonchev–Trinajstić information content (AvgIpc) is 2.68. The summed E-state index contributed by atoms with van der Waals surface area (Å²) in [6.45, 7) is 1.55. The predicted molar refractivity (Wildman–Crippen MR) is 94.1 cm³/mol. The fourth-order valence-corrected chi connectivity index (χ4v) is 3.68. The number of anilines is 1. The van der Waals surface area contributed by atoms with Gasteiger partial charge in [0.1, 0.15) is 11.6 Å². The minimum Gasteiger partial charge on any atom is -0.304 e. The number of ether oxygens (including phenoxy) is 1. The van der Waals surface area contributed by atoms with Crippen molar-refractivity contribution < 1.29 is 22.7 Å². The van der Waals surface area contributed by atoms with Gasteiger partial charge < -0.3 is 9.64 Å². The van der Waals surface area contributed by atoms with Crippen LogP contribution < -0.4 is 4.90 Å². The Morgan fingerprint density at radius 2 is 1.71 bits per heavy atom. The molecule has 28 heavy (non-hydrogen) atoms. The molecule has 0 atom stereocenters. The zero-order chi connectivity index (χ0) is 19.8. The van der Waals surface area contributed by atoms with Gasteiger partial charge in [-0.05, 0) is 43.2 Å². The van der Waals surface area contributed by atoms with E-state index in [1.807, 2.05) is 0 Å². The predicted octanol–water partition coefficient (Wildman–Crippen LogP) is 2.61. The average molecular weight is 392 g/mol. The van der Waals surface area contributed by atoms with Gasteiger partial charge in [0.05, 0.1) is 18.7 Å². The van der Waals surface area contributed by atoms with E-state index in [1.54, 1.807) is 18.5 Å². The van der Waals surface area contributed by atoms with Crippen molar-refractivity contribution in [3.05, 3.63) is 54.4 Å². The number of carbonyl (C=O) groups is 1. The minimum atomic E-state index is -3.92. The van der Waals surface area contributed by atoms with Gasteiger partial charge in [0.25, 0.3) is 0 Å². The highest BCUT2D eigenvalue weighted by molar-refractivity contribution is 5.98. The van der Waals surface area contributed by atoms with Crippen LogP contribution in [-0.2, 0) is 16.1 Å². The van der Waals surface area contributed by atoms with E-state index in [9.17, 15) is 18.0 Å². The van der Waals surface area contributed by atoms with Crippen molar-refractivity contribution in [2.75, 3.05) is 24.5 Å². The van der Waals surface area contributed by atoms with Crippen LogP contribution in [0, 0.1) is 5.82 Å². The molecule has 0 unspecified atom stereocenters. The quantitative estimate of drug-likeness (QED) is 0.804. The van der Waals surface area contributed by atoms with Gasteiger partial charge in [-0.25, -0.2) is 14.4 Å². The molecule has 2 aliphatic rings. The smallest absolute Gasteiger partial charge is 0.304 e. The summed E-state index contributed by atoms with van der Waals surface area (Å²) < 4.78 is 46.9. The molecule has 2 aromatic rings. The van der Waals surface area contributed by atoms with Gasteiger partial charge in [-0.3, -0.25) is 9.69 Å². The molecule has 2 saturated heterocycles. The van der Waals surface area contributed by atoms with Crippen molar-refractivity contribution in [3.8, 4) is 0 Å². The van der Waals surface area contributed by atoms with Crippen LogP contribution >= 0.6 is 0 Å². The number of hydrogen-bond donors (Lipinski definition) is 0. The molecule has 1 amide bonds. The summed E-state index contributed by atoms with van der Waals surface area (Å²) in [6, 6.07) is 6.67. The summed E-state index contributed by atoms with van der Waals surface area (Å²) in [5, 5.41) is 0. The number of aromatic nitrogens is 2. The highest BCUT2D eigenvalue weighted by Gasteiger charge is 2.57. The van der Waals surface area contributed by atoms with Gasteiger partial charge in [-0.2, -0.15) is 8.78 Å².